The van der Waals surface area contributed by atoms with Gasteiger partial charge in [0, 0.05) is 18.3 Å². The molecule has 2 N–H and O–H groups in total. The number of halogens is 3. The van der Waals surface area contributed by atoms with Crippen LogP contribution in [0.25, 0.3) is 0 Å². The Morgan fingerprint density at radius 1 is 1.05 bits per heavy atom. The van der Waals surface area contributed by atoms with E-state index in [9.17, 15) is 0 Å². The van der Waals surface area contributed by atoms with E-state index in [4.69, 9.17) is 15.2 Å². The topological polar surface area (TPSA) is 47.7 Å². The molecule has 7 heteroatoms. The molecule has 4 nitrogen and oxygen atoms in total. The summed E-state index contributed by atoms with van der Waals surface area (Å²) in [5.41, 5.74) is 6.51. The number of nitrogen functional groups attached to an aromatic ring is 1. The number of nitrogens with two attached hydrogens (primary N) is 1. The molecule has 1 aromatic carbocycles. The lowest BCUT2D eigenvalue weighted by molar-refractivity contribution is 0.212. The molecule has 1 aromatic rings. The van der Waals surface area contributed by atoms with Gasteiger partial charge in [-0.1, -0.05) is 20.8 Å². The van der Waals surface area contributed by atoms with Gasteiger partial charge >= 0.3 is 0 Å². The summed E-state index contributed by atoms with van der Waals surface area (Å²) in [4.78, 5) is 2.32. The lowest BCUT2D eigenvalue weighted by Gasteiger charge is -2.19. The number of nitrogens with zero attached hydrogens (tertiary/aromatic N) is 1. The van der Waals surface area contributed by atoms with Gasteiger partial charge in [-0.15, -0.1) is 24.8 Å². The Labute approximate surface area is 154 Å². The molecule has 0 unspecified atom stereocenters. The third-order valence-electron chi connectivity index (χ3n) is 3.04. The Kier molecular flexibility index (Phi) is 14.2. The van der Waals surface area contributed by atoms with Crippen LogP contribution in [-0.2, 0) is 0 Å². The quantitative estimate of drug-likeness (QED) is 0.605. The predicted molar refractivity (Wildman–Crippen MR) is 102 cm³/mol. The number of likely N-dealkylation sites (N-methyl/N-ethyl adjacent to an activating group) is 1. The molecule has 130 valence electrons. The zero-order valence-electron chi connectivity index (χ0n) is 13.4. The minimum Gasteiger partial charge on any atom is -0.490 e. The van der Waals surface area contributed by atoms with Crippen LogP contribution in [0.4, 0.5) is 5.69 Å². The minimum atomic E-state index is 0. The third-order valence-corrected chi connectivity index (χ3v) is 3.63. The van der Waals surface area contributed by atoms with Gasteiger partial charge in [-0.3, -0.25) is 0 Å². The molecule has 0 radical (unpaired) electrons. The summed E-state index contributed by atoms with van der Waals surface area (Å²) in [5.74, 6) is 1.44. The van der Waals surface area contributed by atoms with Crippen molar-refractivity contribution in [3.63, 3.8) is 0 Å². The van der Waals surface area contributed by atoms with Crippen LogP contribution >= 0.6 is 40.7 Å². The number of benzene rings is 1. The molecule has 0 bridgehead atoms. The van der Waals surface area contributed by atoms with E-state index in [2.05, 4.69) is 41.6 Å². The molecule has 0 spiro atoms. The summed E-state index contributed by atoms with van der Waals surface area (Å²) >= 11 is 3.49. The van der Waals surface area contributed by atoms with Gasteiger partial charge in [-0.25, -0.2) is 0 Å². The molecular weight excluding hydrogens is 391 g/mol. The monoisotopic (exact) mass is 416 g/mol. The van der Waals surface area contributed by atoms with E-state index in [1.165, 1.54) is 0 Å². The Morgan fingerprint density at radius 2 is 1.68 bits per heavy atom. The molecule has 0 aliphatic heterocycles. The van der Waals surface area contributed by atoms with Crippen LogP contribution in [0.2, 0.25) is 0 Å². The molecule has 0 saturated heterocycles. The van der Waals surface area contributed by atoms with E-state index in [1.807, 2.05) is 12.1 Å². The van der Waals surface area contributed by atoms with Crippen molar-refractivity contribution in [2.24, 2.45) is 0 Å². The van der Waals surface area contributed by atoms with Crippen molar-refractivity contribution < 1.29 is 9.47 Å². The lowest BCUT2D eigenvalue weighted by Crippen LogP contribution is -2.28. The van der Waals surface area contributed by atoms with Crippen molar-refractivity contribution in [1.82, 2.24) is 4.90 Å². The van der Waals surface area contributed by atoms with Gasteiger partial charge in [0.1, 0.15) is 6.61 Å². The van der Waals surface area contributed by atoms with Crippen LogP contribution in [0, 0.1) is 0 Å². The average molecular weight is 418 g/mol. The van der Waals surface area contributed by atoms with Crippen LogP contribution in [0.3, 0.4) is 0 Å². The van der Waals surface area contributed by atoms with Gasteiger partial charge < -0.3 is 20.1 Å². The summed E-state index contributed by atoms with van der Waals surface area (Å²) in [6.07, 6.45) is 0.950. The highest BCUT2D eigenvalue weighted by Crippen LogP contribution is 2.37. The molecule has 0 amide bonds. The van der Waals surface area contributed by atoms with Crippen LogP contribution < -0.4 is 15.2 Å². The second-order valence-corrected chi connectivity index (χ2v) is 5.41. The van der Waals surface area contributed by atoms with Gasteiger partial charge in [0.05, 0.1) is 11.1 Å². The fourth-order valence-corrected chi connectivity index (χ4v) is 2.44. The van der Waals surface area contributed by atoms with Crippen molar-refractivity contribution in [3.8, 4) is 11.5 Å². The van der Waals surface area contributed by atoms with Gasteiger partial charge in [-0.05, 0) is 41.5 Å². The predicted octanol–water partition coefficient (Wildman–Crippen LogP) is 4.38. The average Bonchev–Trinajstić information content (AvgIpc) is 2.43. The molecule has 1 rings (SSSR count). The molecule has 0 fully saturated rings. The SMILES string of the molecule is CCCOc1cc(N)cc(Br)c1OCCN(CC)CC.Cl.Cl. The normalized spacial score (nSPS) is 9.86. The van der Waals surface area contributed by atoms with Crippen molar-refractivity contribution in [1.29, 1.82) is 0 Å². The summed E-state index contributed by atoms with van der Waals surface area (Å²) in [6.45, 7) is 10.6. The van der Waals surface area contributed by atoms with Crippen molar-refractivity contribution in [2.75, 3.05) is 38.6 Å². The second-order valence-electron chi connectivity index (χ2n) is 4.55. The molecule has 0 heterocycles. The van der Waals surface area contributed by atoms with Gasteiger partial charge in [-0.2, -0.15) is 0 Å². The summed E-state index contributed by atoms with van der Waals surface area (Å²) in [7, 11) is 0. The first-order valence-electron chi connectivity index (χ1n) is 7.19. The van der Waals surface area contributed by atoms with Gasteiger partial charge in [0.2, 0.25) is 0 Å². The summed E-state index contributed by atoms with van der Waals surface area (Å²) in [5, 5.41) is 0. The molecule has 0 aliphatic rings. The zero-order valence-corrected chi connectivity index (χ0v) is 16.7. The minimum absolute atomic E-state index is 0. The van der Waals surface area contributed by atoms with Crippen LogP contribution in [0.15, 0.2) is 16.6 Å². The summed E-state index contributed by atoms with van der Waals surface area (Å²) in [6, 6.07) is 3.65. The molecule has 0 atom stereocenters. The number of anilines is 1. The largest absolute Gasteiger partial charge is 0.490 e. The van der Waals surface area contributed by atoms with E-state index in [1.54, 1.807) is 0 Å². The molecule has 22 heavy (non-hydrogen) atoms. The first-order chi connectivity index (χ1) is 9.62. The Hall–Kier alpha value is -0.360. The highest BCUT2D eigenvalue weighted by molar-refractivity contribution is 9.10. The summed E-state index contributed by atoms with van der Waals surface area (Å²) < 4.78 is 12.4. The van der Waals surface area contributed by atoms with E-state index in [-0.39, 0.29) is 24.8 Å². The van der Waals surface area contributed by atoms with Gasteiger partial charge in [0.15, 0.2) is 11.5 Å². The van der Waals surface area contributed by atoms with Crippen LogP contribution in [0.5, 0.6) is 11.5 Å². The first kappa shape index (κ1) is 23.9. The highest BCUT2D eigenvalue weighted by Gasteiger charge is 2.12. The van der Waals surface area contributed by atoms with Crippen LogP contribution in [-0.4, -0.2) is 37.7 Å². The van der Waals surface area contributed by atoms with E-state index < -0.39 is 0 Å². The maximum absolute atomic E-state index is 5.89. The van der Waals surface area contributed by atoms with Crippen LogP contribution in [0.1, 0.15) is 27.2 Å². The molecular formula is C15H27BrCl2N2O2. The lowest BCUT2D eigenvalue weighted by atomic mass is 10.3. The molecule has 0 saturated carbocycles. The number of ether oxygens (including phenoxy) is 2. The second kappa shape index (κ2) is 13.1. The maximum Gasteiger partial charge on any atom is 0.175 e. The molecule has 0 aliphatic carbocycles. The van der Waals surface area contributed by atoms with E-state index in [0.717, 1.165) is 36.3 Å². The standard InChI is InChI=1S/C15H25BrN2O2.2ClH/c1-4-8-19-14-11-12(17)10-13(16)15(14)20-9-7-18(5-2)6-3;;/h10-11H,4-9,17H2,1-3H3;2*1H. The Balaban J connectivity index is 0. The number of rotatable bonds is 9. The van der Waals surface area contributed by atoms with Crippen molar-refractivity contribution >= 4 is 46.4 Å². The maximum atomic E-state index is 5.89. The number of hydrogen-bond acceptors (Lipinski definition) is 4. The first-order valence-corrected chi connectivity index (χ1v) is 7.98. The van der Waals surface area contributed by atoms with E-state index in [0.29, 0.717) is 24.7 Å². The zero-order chi connectivity index (χ0) is 15.0. The fraction of sp³-hybridized carbons (Fsp3) is 0.600. The smallest absolute Gasteiger partial charge is 0.175 e. The van der Waals surface area contributed by atoms with Crippen molar-refractivity contribution in [3.05, 3.63) is 16.6 Å². The Morgan fingerprint density at radius 3 is 2.23 bits per heavy atom. The highest BCUT2D eigenvalue weighted by atomic mass is 79.9. The number of hydrogen-bond donors (Lipinski definition) is 1. The van der Waals surface area contributed by atoms with Crippen molar-refractivity contribution in [2.45, 2.75) is 27.2 Å². The van der Waals surface area contributed by atoms with Gasteiger partial charge in [0.25, 0.3) is 0 Å². The fourth-order valence-electron chi connectivity index (χ4n) is 1.86. The third kappa shape index (κ3) is 7.77. The Bertz CT molecular complexity index is 419. The van der Waals surface area contributed by atoms with E-state index >= 15 is 0 Å². The molecule has 0 aromatic heterocycles.